The van der Waals surface area contributed by atoms with Gasteiger partial charge in [0.1, 0.15) is 5.52 Å². The smallest absolute Gasteiger partial charge is 0.227 e. The molecule has 0 amide bonds. The largest absolute Gasteiger partial charge is 0.436 e. The Hall–Kier alpha value is -6.86. The van der Waals surface area contributed by atoms with Gasteiger partial charge in [0.25, 0.3) is 0 Å². The second-order valence-corrected chi connectivity index (χ2v) is 11.6. The molecule has 0 saturated heterocycles. The molecule has 0 aliphatic carbocycles. The topological polar surface area (TPSA) is 90.5 Å². The molecule has 7 nitrogen and oxygen atoms in total. The van der Waals surface area contributed by atoms with Crippen LogP contribution in [0.4, 0.5) is 0 Å². The van der Waals surface area contributed by atoms with E-state index in [0.29, 0.717) is 23.4 Å². The third-order valence-corrected chi connectivity index (χ3v) is 8.34. The molecule has 3 aromatic heterocycles. The van der Waals surface area contributed by atoms with Crippen molar-refractivity contribution < 1.29 is 4.42 Å². The second kappa shape index (κ2) is 12.1. The molecular weight excluding hydrogens is 605 g/mol. The number of nitrogens with zero attached hydrogens (tertiary/aromatic N) is 6. The van der Waals surface area contributed by atoms with Gasteiger partial charge >= 0.3 is 0 Å². The van der Waals surface area contributed by atoms with Crippen molar-refractivity contribution >= 4 is 22.1 Å². The van der Waals surface area contributed by atoms with Gasteiger partial charge in [-0.15, -0.1) is 0 Å². The maximum Gasteiger partial charge on any atom is 0.227 e. The van der Waals surface area contributed by atoms with Crippen molar-refractivity contribution in [1.82, 2.24) is 29.9 Å². The lowest BCUT2D eigenvalue weighted by molar-refractivity contribution is 0.620. The molecule has 0 aliphatic rings. The van der Waals surface area contributed by atoms with Gasteiger partial charge in [-0.05, 0) is 42.5 Å². The fourth-order valence-electron chi connectivity index (χ4n) is 5.94. The molecule has 3 heterocycles. The van der Waals surface area contributed by atoms with Crippen LogP contribution >= 0.6 is 0 Å². The van der Waals surface area contributed by atoms with Crippen molar-refractivity contribution in [3.63, 3.8) is 0 Å². The highest BCUT2D eigenvalue weighted by molar-refractivity contribution is 5.88. The number of benzene rings is 6. The van der Waals surface area contributed by atoms with Gasteiger partial charge in [-0.25, -0.2) is 29.9 Å². The number of oxazole rings is 1. The van der Waals surface area contributed by atoms with Crippen LogP contribution in [0.25, 0.3) is 90.3 Å². The number of aromatic nitrogens is 6. The van der Waals surface area contributed by atoms with E-state index >= 15 is 0 Å². The Morgan fingerprint density at radius 2 is 0.735 bits per heavy atom. The van der Waals surface area contributed by atoms with E-state index in [4.69, 9.17) is 34.3 Å². The van der Waals surface area contributed by atoms with Crippen molar-refractivity contribution in [3.8, 4) is 68.1 Å². The van der Waals surface area contributed by atoms with Crippen LogP contribution in [0.3, 0.4) is 0 Å². The quantitative estimate of drug-likeness (QED) is 0.181. The molecule has 230 valence electrons. The summed E-state index contributed by atoms with van der Waals surface area (Å²) in [5, 5.41) is 0. The molecule has 0 radical (unpaired) electrons. The highest BCUT2D eigenvalue weighted by Crippen LogP contribution is 2.35. The normalized spacial score (nSPS) is 11.3. The summed E-state index contributed by atoms with van der Waals surface area (Å²) in [7, 11) is 0. The zero-order valence-corrected chi connectivity index (χ0v) is 26.1. The number of hydrogen-bond donors (Lipinski definition) is 0. The Bertz CT molecular complexity index is 2530. The van der Waals surface area contributed by atoms with E-state index in [1.807, 2.05) is 146 Å². The van der Waals surface area contributed by atoms with Gasteiger partial charge in [0.15, 0.2) is 23.1 Å². The molecule has 49 heavy (non-hydrogen) atoms. The lowest BCUT2D eigenvalue weighted by atomic mass is 10.00. The predicted molar refractivity (Wildman–Crippen MR) is 193 cm³/mol. The summed E-state index contributed by atoms with van der Waals surface area (Å²) >= 11 is 0. The summed E-state index contributed by atoms with van der Waals surface area (Å²) in [6.07, 6.45) is 0. The van der Waals surface area contributed by atoms with Crippen molar-refractivity contribution in [1.29, 1.82) is 0 Å². The lowest BCUT2D eigenvalue weighted by Crippen LogP contribution is -2.00. The number of fused-ring (bicyclic) bond motifs is 2. The average molecular weight is 631 g/mol. The molecule has 7 heteroatoms. The number of para-hydroxylation sites is 4. The van der Waals surface area contributed by atoms with Gasteiger partial charge in [0, 0.05) is 33.4 Å². The Morgan fingerprint density at radius 1 is 0.306 bits per heavy atom. The van der Waals surface area contributed by atoms with E-state index in [9.17, 15) is 0 Å². The van der Waals surface area contributed by atoms with Crippen LogP contribution in [0.1, 0.15) is 0 Å². The third kappa shape index (κ3) is 5.49. The summed E-state index contributed by atoms with van der Waals surface area (Å²) in [4.78, 5) is 29.8. The van der Waals surface area contributed by atoms with Crippen molar-refractivity contribution in [2.75, 3.05) is 0 Å². The fourth-order valence-corrected chi connectivity index (χ4v) is 5.94. The van der Waals surface area contributed by atoms with E-state index in [1.54, 1.807) is 0 Å². The Labute approximate surface area is 281 Å². The van der Waals surface area contributed by atoms with E-state index in [0.717, 1.165) is 66.9 Å². The van der Waals surface area contributed by atoms with Crippen LogP contribution in [0.2, 0.25) is 0 Å². The number of rotatable bonds is 6. The third-order valence-electron chi connectivity index (χ3n) is 8.34. The van der Waals surface area contributed by atoms with Crippen molar-refractivity contribution in [3.05, 3.63) is 158 Å². The van der Waals surface area contributed by atoms with Crippen molar-refractivity contribution in [2.45, 2.75) is 0 Å². The summed E-state index contributed by atoms with van der Waals surface area (Å²) in [6.45, 7) is 0. The summed E-state index contributed by atoms with van der Waals surface area (Å²) in [6, 6.07) is 51.9. The standard InChI is InChI=1S/C42H26N6O/c1-3-13-27(14-4-1)39-46-40(28-15-5-2-6-16-28)48-41(47-39)31-19-11-17-29(25-31)37-38(44-34-22-8-7-21-33(34)43-37)30-18-12-20-32(26-30)42-45-35-23-9-10-24-36(35)49-42/h1-26H. The van der Waals surface area contributed by atoms with E-state index in [-0.39, 0.29) is 0 Å². The van der Waals surface area contributed by atoms with Crippen LogP contribution in [0, 0.1) is 0 Å². The first kappa shape index (κ1) is 28.4. The Morgan fingerprint density at radius 3 is 1.31 bits per heavy atom. The van der Waals surface area contributed by atoms with E-state index in [1.165, 1.54) is 0 Å². The van der Waals surface area contributed by atoms with Gasteiger partial charge < -0.3 is 4.42 Å². The molecule has 0 atom stereocenters. The minimum absolute atomic E-state index is 0.554. The molecule has 6 aromatic carbocycles. The minimum Gasteiger partial charge on any atom is -0.436 e. The first-order valence-corrected chi connectivity index (χ1v) is 16.0. The lowest BCUT2D eigenvalue weighted by Gasteiger charge is -2.13. The van der Waals surface area contributed by atoms with Gasteiger partial charge in [0.2, 0.25) is 5.89 Å². The summed E-state index contributed by atoms with van der Waals surface area (Å²) < 4.78 is 6.11. The van der Waals surface area contributed by atoms with Crippen molar-refractivity contribution in [2.24, 2.45) is 0 Å². The Balaban J connectivity index is 1.19. The predicted octanol–water partition coefficient (Wildman–Crippen LogP) is 9.96. The van der Waals surface area contributed by atoms with Gasteiger partial charge in [0.05, 0.1) is 22.4 Å². The first-order chi connectivity index (χ1) is 24.2. The number of hydrogen-bond acceptors (Lipinski definition) is 7. The van der Waals surface area contributed by atoms with Gasteiger partial charge in [-0.1, -0.05) is 115 Å². The van der Waals surface area contributed by atoms with Crippen LogP contribution in [0.5, 0.6) is 0 Å². The monoisotopic (exact) mass is 630 g/mol. The van der Waals surface area contributed by atoms with Crippen LogP contribution in [0.15, 0.2) is 162 Å². The fraction of sp³-hybridized carbons (Fsp3) is 0. The maximum absolute atomic E-state index is 6.11. The van der Waals surface area contributed by atoms with Gasteiger partial charge in [-0.3, -0.25) is 0 Å². The molecule has 0 unspecified atom stereocenters. The molecule has 0 saturated carbocycles. The maximum atomic E-state index is 6.11. The summed E-state index contributed by atoms with van der Waals surface area (Å²) in [5.41, 5.74) is 9.99. The zero-order valence-electron chi connectivity index (χ0n) is 26.1. The Kier molecular flexibility index (Phi) is 6.98. The van der Waals surface area contributed by atoms with Crippen LogP contribution in [-0.2, 0) is 0 Å². The molecular formula is C42H26N6O. The molecule has 9 rings (SSSR count). The molecule has 0 aliphatic heterocycles. The second-order valence-electron chi connectivity index (χ2n) is 11.6. The molecule has 0 spiro atoms. The highest BCUT2D eigenvalue weighted by atomic mass is 16.3. The molecule has 0 bridgehead atoms. The minimum atomic E-state index is 0.554. The van der Waals surface area contributed by atoms with Gasteiger partial charge in [-0.2, -0.15) is 0 Å². The summed E-state index contributed by atoms with van der Waals surface area (Å²) in [5.74, 6) is 2.34. The zero-order chi connectivity index (χ0) is 32.6. The SMILES string of the molecule is c1ccc(-c2nc(-c3ccccc3)nc(-c3cccc(-c4nc5ccccc5nc4-c4cccc(-c5nc6ccccc6o5)c4)c3)n2)cc1. The van der Waals surface area contributed by atoms with Crippen LogP contribution < -0.4 is 0 Å². The average Bonchev–Trinajstić information content (AvgIpc) is 3.63. The molecule has 0 N–H and O–H groups in total. The highest BCUT2D eigenvalue weighted by Gasteiger charge is 2.18. The molecule has 0 fully saturated rings. The van der Waals surface area contributed by atoms with E-state index in [2.05, 4.69) is 12.1 Å². The van der Waals surface area contributed by atoms with E-state index < -0.39 is 0 Å². The molecule has 9 aromatic rings. The van der Waals surface area contributed by atoms with Crippen LogP contribution in [-0.4, -0.2) is 29.9 Å². The first-order valence-electron chi connectivity index (χ1n) is 16.0.